The van der Waals surface area contributed by atoms with Gasteiger partial charge in [-0.05, 0) is 132 Å². The van der Waals surface area contributed by atoms with Crippen molar-refractivity contribution in [3.63, 3.8) is 0 Å². The lowest BCUT2D eigenvalue weighted by molar-refractivity contribution is 0.559. The molecule has 3 atom stereocenters. The van der Waals surface area contributed by atoms with Gasteiger partial charge in [0, 0.05) is 16.8 Å². The van der Waals surface area contributed by atoms with E-state index in [4.69, 9.17) is 0 Å². The molecular weight excluding hydrogens is 711 g/mol. The van der Waals surface area contributed by atoms with E-state index in [0.717, 1.165) is 6.42 Å². The maximum absolute atomic E-state index is 2.62. The van der Waals surface area contributed by atoms with Crippen LogP contribution in [0.4, 0.5) is 5.69 Å². The van der Waals surface area contributed by atoms with Crippen LogP contribution in [0.25, 0.3) is 38.6 Å². The second kappa shape index (κ2) is 13.6. The lowest BCUT2D eigenvalue weighted by atomic mass is 9.64. The fourth-order valence-electron chi connectivity index (χ4n) is 11.2. The Morgan fingerprint density at radius 2 is 1.15 bits per heavy atom. The minimum atomic E-state index is -0.481. The Hall–Kier alpha value is -6.44. The molecule has 59 heavy (non-hydrogen) atoms. The number of nitrogens with zero attached hydrogens (tertiary/aromatic N) is 1. The third kappa shape index (κ3) is 5.37. The van der Waals surface area contributed by atoms with Gasteiger partial charge in [-0.3, -0.25) is 0 Å². The Labute approximate surface area is 349 Å². The van der Waals surface area contributed by atoms with Gasteiger partial charge in [0.25, 0.3) is 0 Å². The summed E-state index contributed by atoms with van der Waals surface area (Å²) in [5.41, 5.74) is 18.3. The van der Waals surface area contributed by atoms with Crippen molar-refractivity contribution in [2.75, 3.05) is 4.90 Å². The number of fused-ring (bicyclic) bond motifs is 7. The molecule has 0 fully saturated rings. The van der Waals surface area contributed by atoms with Gasteiger partial charge < -0.3 is 4.90 Å². The summed E-state index contributed by atoms with van der Waals surface area (Å²) >= 11 is 0. The molecule has 0 saturated heterocycles. The number of benzene rings is 7. The first kappa shape index (κ1) is 35.7. The molecule has 0 N–H and O–H groups in total. The van der Waals surface area contributed by atoms with E-state index in [-0.39, 0.29) is 17.4 Å². The van der Waals surface area contributed by atoms with Crippen molar-refractivity contribution in [2.45, 2.75) is 51.0 Å². The fourth-order valence-corrected chi connectivity index (χ4v) is 11.2. The smallest absolute Gasteiger partial charge is 0.0710 e. The minimum absolute atomic E-state index is 0.0964. The average Bonchev–Trinajstić information content (AvgIpc) is 3.69. The average molecular weight is 760 g/mol. The van der Waals surface area contributed by atoms with Crippen LogP contribution in [-0.2, 0) is 10.8 Å². The summed E-state index contributed by atoms with van der Waals surface area (Å²) in [6.45, 7) is 9.60. The van der Waals surface area contributed by atoms with Crippen LogP contribution in [0, 0.1) is 11.8 Å². The van der Waals surface area contributed by atoms with Gasteiger partial charge in [-0.15, -0.1) is 0 Å². The topological polar surface area (TPSA) is 3.24 Å². The maximum Gasteiger partial charge on any atom is 0.0710 e. The van der Waals surface area contributed by atoms with Crippen molar-refractivity contribution < 1.29 is 0 Å². The standard InChI is InChI=1S/C58H49N/c1-38-34-46(29-30-47(38)40-17-7-5-8-18-40)59(45-21-9-6-10-22-45)56-32-28-43(33-39(56)2)58(53-25-15-13-23-48(53)49-24-14-16-26-54(49)58)44-27-31-52-51(37-44)50-35-41-19-11-12-20-42(41)36-55(50)57(52,3)4/h5-33,35-39,56H,34H2,1-4H3. The van der Waals surface area contributed by atoms with Gasteiger partial charge in [-0.2, -0.15) is 0 Å². The summed E-state index contributed by atoms with van der Waals surface area (Å²) in [7, 11) is 0. The second-order valence-corrected chi connectivity index (χ2v) is 17.8. The van der Waals surface area contributed by atoms with E-state index in [1.54, 1.807) is 0 Å². The third-order valence-electron chi connectivity index (χ3n) is 14.1. The number of hydrogen-bond donors (Lipinski definition) is 0. The fraction of sp³-hybridized carbons (Fsp3) is 0.172. The molecule has 0 spiro atoms. The van der Waals surface area contributed by atoms with Crippen LogP contribution in [0.1, 0.15) is 67.5 Å². The molecule has 0 bridgehead atoms. The van der Waals surface area contributed by atoms with Crippen molar-refractivity contribution >= 4 is 22.0 Å². The molecule has 286 valence electrons. The summed E-state index contributed by atoms with van der Waals surface area (Å²) in [5, 5.41) is 2.60. The molecule has 1 heteroatoms. The van der Waals surface area contributed by atoms with Gasteiger partial charge in [-0.1, -0.05) is 185 Å². The van der Waals surface area contributed by atoms with Crippen molar-refractivity contribution in [3.05, 3.63) is 239 Å². The molecule has 7 aromatic rings. The summed E-state index contributed by atoms with van der Waals surface area (Å²) in [6.07, 6.45) is 13.3. The first-order chi connectivity index (χ1) is 28.8. The lowest BCUT2D eigenvalue weighted by Gasteiger charge is -2.42. The quantitative estimate of drug-likeness (QED) is 0.163. The minimum Gasteiger partial charge on any atom is -0.338 e. The van der Waals surface area contributed by atoms with Gasteiger partial charge in [0.1, 0.15) is 0 Å². The molecule has 1 nitrogen and oxygen atoms in total. The molecule has 0 radical (unpaired) electrons. The highest BCUT2D eigenvalue weighted by atomic mass is 15.2. The number of anilines is 1. The van der Waals surface area contributed by atoms with Gasteiger partial charge in [0.15, 0.2) is 0 Å². The van der Waals surface area contributed by atoms with Crippen LogP contribution >= 0.6 is 0 Å². The van der Waals surface area contributed by atoms with Crippen molar-refractivity contribution in [3.8, 4) is 22.3 Å². The number of hydrogen-bond acceptors (Lipinski definition) is 1. The molecule has 0 saturated carbocycles. The predicted molar refractivity (Wildman–Crippen MR) is 249 cm³/mol. The predicted octanol–water partition coefficient (Wildman–Crippen LogP) is 14.5. The van der Waals surface area contributed by atoms with Crippen LogP contribution in [0.2, 0.25) is 0 Å². The van der Waals surface area contributed by atoms with E-state index in [0.29, 0.717) is 5.92 Å². The van der Waals surface area contributed by atoms with Crippen LogP contribution in [0.15, 0.2) is 205 Å². The van der Waals surface area contributed by atoms with Crippen molar-refractivity contribution in [1.29, 1.82) is 0 Å². The number of rotatable bonds is 6. The number of para-hydroxylation sites is 1. The van der Waals surface area contributed by atoms with Gasteiger partial charge in [0.2, 0.25) is 0 Å². The summed E-state index contributed by atoms with van der Waals surface area (Å²) in [5.74, 6) is 0.628. The first-order valence-electron chi connectivity index (χ1n) is 21.4. The summed E-state index contributed by atoms with van der Waals surface area (Å²) in [4.78, 5) is 2.62. The van der Waals surface area contributed by atoms with Gasteiger partial charge in [0.05, 0.1) is 11.5 Å². The Kier molecular flexibility index (Phi) is 8.21. The van der Waals surface area contributed by atoms with Crippen LogP contribution in [0.5, 0.6) is 0 Å². The first-order valence-corrected chi connectivity index (χ1v) is 21.4. The molecule has 0 aliphatic heterocycles. The lowest BCUT2D eigenvalue weighted by Crippen LogP contribution is -2.41. The van der Waals surface area contributed by atoms with Crippen LogP contribution in [-0.4, -0.2) is 6.04 Å². The van der Waals surface area contributed by atoms with E-state index in [1.807, 2.05) is 0 Å². The molecule has 4 aliphatic carbocycles. The van der Waals surface area contributed by atoms with E-state index in [1.165, 1.54) is 88.9 Å². The Balaban J connectivity index is 1.07. The molecular formula is C58H49N. The largest absolute Gasteiger partial charge is 0.338 e. The molecule has 4 aliphatic rings. The van der Waals surface area contributed by atoms with E-state index in [2.05, 4.69) is 227 Å². The normalized spacial score (nSPS) is 20.5. The van der Waals surface area contributed by atoms with E-state index < -0.39 is 5.41 Å². The SMILES string of the molecule is CC1CC(N(c2ccccc2)C2C=CC(C3(c4ccc5c(c4)-c4cc6ccccc6cc4C5(C)C)c4ccccc4-c4ccccc43)=CC2C)=CC=C1c1ccccc1. The zero-order valence-corrected chi connectivity index (χ0v) is 34.4. The Morgan fingerprint density at radius 1 is 0.542 bits per heavy atom. The molecule has 11 rings (SSSR count). The molecule has 0 aromatic heterocycles. The number of allylic oxidation sites excluding steroid dienone is 6. The van der Waals surface area contributed by atoms with Crippen LogP contribution in [0.3, 0.4) is 0 Å². The van der Waals surface area contributed by atoms with E-state index in [9.17, 15) is 0 Å². The van der Waals surface area contributed by atoms with Crippen molar-refractivity contribution in [2.24, 2.45) is 11.8 Å². The monoisotopic (exact) mass is 759 g/mol. The zero-order chi connectivity index (χ0) is 39.9. The second-order valence-electron chi connectivity index (χ2n) is 17.8. The van der Waals surface area contributed by atoms with Gasteiger partial charge in [-0.25, -0.2) is 0 Å². The molecule has 0 amide bonds. The highest BCUT2D eigenvalue weighted by molar-refractivity contribution is 5.94. The Bertz CT molecular complexity index is 2870. The highest BCUT2D eigenvalue weighted by Gasteiger charge is 2.49. The molecule has 3 unspecified atom stereocenters. The summed E-state index contributed by atoms with van der Waals surface area (Å²) in [6, 6.07) is 61.6. The molecule has 7 aromatic carbocycles. The van der Waals surface area contributed by atoms with Crippen molar-refractivity contribution in [1.82, 2.24) is 0 Å². The zero-order valence-electron chi connectivity index (χ0n) is 34.4. The van der Waals surface area contributed by atoms with Crippen LogP contribution < -0.4 is 4.90 Å². The molecule has 0 heterocycles. The third-order valence-corrected chi connectivity index (χ3v) is 14.1. The summed E-state index contributed by atoms with van der Waals surface area (Å²) < 4.78 is 0. The highest BCUT2D eigenvalue weighted by Crippen LogP contribution is 2.59. The maximum atomic E-state index is 2.62. The Morgan fingerprint density at radius 3 is 1.83 bits per heavy atom. The van der Waals surface area contributed by atoms with Gasteiger partial charge >= 0.3 is 0 Å². The van der Waals surface area contributed by atoms with E-state index >= 15 is 0 Å².